The molecule has 3 heterocycles. The van der Waals surface area contributed by atoms with Gasteiger partial charge in [-0.15, -0.1) is 0 Å². The number of amides is 1. The van der Waals surface area contributed by atoms with Crippen molar-refractivity contribution in [2.75, 3.05) is 26.3 Å². The van der Waals surface area contributed by atoms with Gasteiger partial charge in [0.2, 0.25) is 0 Å². The third kappa shape index (κ3) is 2.16. The number of ether oxygens (including phenoxy) is 1. The Morgan fingerprint density at radius 1 is 1.32 bits per heavy atom. The predicted molar refractivity (Wildman–Crippen MR) is 79.1 cm³/mol. The quantitative estimate of drug-likeness (QED) is 0.895. The van der Waals surface area contributed by atoms with Crippen LogP contribution in [0.25, 0.3) is 0 Å². The van der Waals surface area contributed by atoms with E-state index < -0.39 is 5.54 Å². The molecule has 0 aromatic carbocycles. The van der Waals surface area contributed by atoms with Crippen molar-refractivity contribution in [1.29, 1.82) is 0 Å². The molecule has 1 aromatic heterocycles. The molecule has 4 rings (SSSR count). The summed E-state index contributed by atoms with van der Waals surface area (Å²) >= 11 is 0. The van der Waals surface area contributed by atoms with E-state index in [0.29, 0.717) is 0 Å². The van der Waals surface area contributed by atoms with Crippen molar-refractivity contribution in [3.05, 3.63) is 18.5 Å². The van der Waals surface area contributed by atoms with Crippen molar-refractivity contribution in [3.63, 3.8) is 0 Å². The Hall–Kier alpha value is -1.40. The number of rotatable bonds is 3. The van der Waals surface area contributed by atoms with E-state index in [2.05, 4.69) is 5.10 Å². The molecule has 120 valence electrons. The molecule has 6 heteroatoms. The summed E-state index contributed by atoms with van der Waals surface area (Å²) < 4.78 is 7.50. The molecule has 1 saturated carbocycles. The molecule has 3 aliphatic rings. The summed E-state index contributed by atoms with van der Waals surface area (Å²) in [6.07, 6.45) is 8.29. The van der Waals surface area contributed by atoms with Gasteiger partial charge in [0.05, 0.1) is 19.3 Å². The van der Waals surface area contributed by atoms with Crippen LogP contribution in [0.3, 0.4) is 0 Å². The van der Waals surface area contributed by atoms with Gasteiger partial charge in [0.15, 0.2) is 0 Å². The van der Waals surface area contributed by atoms with Crippen LogP contribution in [0.2, 0.25) is 0 Å². The van der Waals surface area contributed by atoms with Crippen LogP contribution in [-0.4, -0.2) is 58.1 Å². The lowest BCUT2D eigenvalue weighted by molar-refractivity contribution is -0.139. The summed E-state index contributed by atoms with van der Waals surface area (Å²) in [6.45, 7) is 2.42. The highest BCUT2D eigenvalue weighted by Crippen LogP contribution is 2.47. The molecule has 1 aromatic rings. The van der Waals surface area contributed by atoms with Crippen molar-refractivity contribution in [1.82, 2.24) is 14.7 Å². The zero-order valence-electron chi connectivity index (χ0n) is 12.8. The highest BCUT2D eigenvalue weighted by Gasteiger charge is 2.55. The van der Waals surface area contributed by atoms with Crippen molar-refractivity contribution < 1.29 is 14.6 Å². The number of aliphatic hydroxyl groups is 1. The van der Waals surface area contributed by atoms with Crippen LogP contribution in [0.15, 0.2) is 18.5 Å². The number of likely N-dealkylation sites (tertiary alicyclic amines) is 1. The van der Waals surface area contributed by atoms with Gasteiger partial charge in [-0.2, -0.15) is 5.10 Å². The van der Waals surface area contributed by atoms with Crippen LogP contribution in [0.1, 0.15) is 32.1 Å². The van der Waals surface area contributed by atoms with Gasteiger partial charge in [-0.05, 0) is 43.6 Å². The second-order valence-electron chi connectivity index (χ2n) is 7.09. The van der Waals surface area contributed by atoms with Crippen molar-refractivity contribution >= 4 is 5.91 Å². The normalized spacial score (nSPS) is 29.0. The number of nitrogens with zero attached hydrogens (tertiary/aromatic N) is 3. The number of carbonyl (C=O) groups is 1. The molecule has 1 unspecified atom stereocenters. The number of aliphatic hydroxyl groups excluding tert-OH is 1. The van der Waals surface area contributed by atoms with E-state index in [1.165, 1.54) is 0 Å². The number of aromatic nitrogens is 2. The standard InChI is InChI=1S/C16H23N3O3/c20-11-13-10-15(12-22-13)4-8-18(9-5-15)14(21)16(2-3-16)19-7-1-6-17-19/h1,6-7,13,20H,2-5,8-12H2. The largest absolute Gasteiger partial charge is 0.394 e. The van der Waals surface area contributed by atoms with Crippen LogP contribution in [0.4, 0.5) is 0 Å². The van der Waals surface area contributed by atoms with Crippen LogP contribution in [-0.2, 0) is 15.1 Å². The monoisotopic (exact) mass is 305 g/mol. The zero-order chi connectivity index (χ0) is 15.2. The molecule has 0 radical (unpaired) electrons. The van der Waals surface area contributed by atoms with E-state index in [1.54, 1.807) is 6.20 Å². The smallest absolute Gasteiger partial charge is 0.250 e. The van der Waals surface area contributed by atoms with E-state index in [-0.39, 0.29) is 24.0 Å². The highest BCUT2D eigenvalue weighted by atomic mass is 16.5. The molecule has 6 nitrogen and oxygen atoms in total. The first-order chi connectivity index (χ1) is 10.7. The Labute approximate surface area is 130 Å². The Balaban J connectivity index is 1.41. The number of hydrogen-bond acceptors (Lipinski definition) is 4. The summed E-state index contributed by atoms with van der Waals surface area (Å²) in [5, 5.41) is 13.5. The first-order valence-corrected chi connectivity index (χ1v) is 8.20. The van der Waals surface area contributed by atoms with Gasteiger partial charge in [0, 0.05) is 25.5 Å². The second kappa shape index (κ2) is 5.06. The molecule has 1 atom stereocenters. The molecule has 3 fully saturated rings. The maximum Gasteiger partial charge on any atom is 0.250 e. The Bertz CT molecular complexity index is 545. The molecule has 2 aliphatic heterocycles. The molecule has 1 amide bonds. The third-order valence-electron chi connectivity index (χ3n) is 5.67. The maximum atomic E-state index is 12.9. The minimum Gasteiger partial charge on any atom is -0.394 e. The molecule has 0 bridgehead atoms. The number of piperidine rings is 1. The third-order valence-corrected chi connectivity index (χ3v) is 5.67. The van der Waals surface area contributed by atoms with Gasteiger partial charge in [0.1, 0.15) is 5.54 Å². The molecule has 22 heavy (non-hydrogen) atoms. The average molecular weight is 305 g/mol. The van der Waals surface area contributed by atoms with Crippen molar-refractivity contribution in [2.24, 2.45) is 5.41 Å². The Kier molecular flexibility index (Phi) is 3.27. The Morgan fingerprint density at radius 2 is 2.09 bits per heavy atom. The van der Waals surface area contributed by atoms with Gasteiger partial charge < -0.3 is 14.7 Å². The first-order valence-electron chi connectivity index (χ1n) is 8.20. The van der Waals surface area contributed by atoms with E-state index in [9.17, 15) is 9.90 Å². The fourth-order valence-corrected chi connectivity index (χ4v) is 4.02. The van der Waals surface area contributed by atoms with Gasteiger partial charge in [-0.25, -0.2) is 0 Å². The van der Waals surface area contributed by atoms with E-state index in [4.69, 9.17) is 4.74 Å². The van der Waals surface area contributed by atoms with E-state index in [1.807, 2.05) is 21.8 Å². The lowest BCUT2D eigenvalue weighted by Gasteiger charge is -2.39. The Morgan fingerprint density at radius 3 is 2.64 bits per heavy atom. The number of carbonyl (C=O) groups excluding carboxylic acids is 1. The fourth-order valence-electron chi connectivity index (χ4n) is 4.02. The molecule has 1 aliphatic carbocycles. The van der Waals surface area contributed by atoms with Gasteiger partial charge in [-0.3, -0.25) is 9.48 Å². The first kappa shape index (κ1) is 14.2. The molecular weight excluding hydrogens is 282 g/mol. The van der Waals surface area contributed by atoms with E-state index >= 15 is 0 Å². The molecular formula is C16H23N3O3. The van der Waals surface area contributed by atoms with Crippen LogP contribution < -0.4 is 0 Å². The molecule has 1 spiro atoms. The second-order valence-corrected chi connectivity index (χ2v) is 7.09. The maximum absolute atomic E-state index is 12.9. The van der Waals surface area contributed by atoms with Gasteiger partial charge in [-0.1, -0.05) is 0 Å². The summed E-state index contributed by atoms with van der Waals surface area (Å²) in [5.74, 6) is 0.226. The highest BCUT2D eigenvalue weighted by molar-refractivity contribution is 5.87. The minimum atomic E-state index is -0.409. The van der Waals surface area contributed by atoms with Crippen LogP contribution >= 0.6 is 0 Å². The minimum absolute atomic E-state index is 0.0129. The van der Waals surface area contributed by atoms with Gasteiger partial charge in [0.25, 0.3) is 5.91 Å². The molecule has 2 saturated heterocycles. The average Bonchev–Trinajstić information content (AvgIpc) is 2.99. The van der Waals surface area contributed by atoms with Crippen molar-refractivity contribution in [2.45, 2.75) is 43.7 Å². The predicted octanol–water partition coefficient (Wildman–Crippen LogP) is 0.762. The summed E-state index contributed by atoms with van der Waals surface area (Å²) in [7, 11) is 0. The summed E-state index contributed by atoms with van der Waals surface area (Å²) in [5.41, 5.74) is -0.236. The lowest BCUT2D eigenvalue weighted by atomic mass is 9.76. The van der Waals surface area contributed by atoms with Gasteiger partial charge >= 0.3 is 0 Å². The number of hydrogen-bond donors (Lipinski definition) is 1. The summed E-state index contributed by atoms with van der Waals surface area (Å²) in [6, 6.07) is 1.88. The fraction of sp³-hybridized carbons (Fsp3) is 0.750. The van der Waals surface area contributed by atoms with Crippen LogP contribution in [0, 0.1) is 5.41 Å². The van der Waals surface area contributed by atoms with E-state index in [0.717, 1.165) is 51.8 Å². The SMILES string of the molecule is O=C(N1CCC2(CC1)COC(CO)C2)C1(n2cccn2)CC1. The molecule has 1 N–H and O–H groups in total. The zero-order valence-corrected chi connectivity index (χ0v) is 12.8. The van der Waals surface area contributed by atoms with Crippen molar-refractivity contribution in [3.8, 4) is 0 Å². The lowest BCUT2D eigenvalue weighted by Crippen LogP contribution is -2.49. The van der Waals surface area contributed by atoms with Crippen LogP contribution in [0.5, 0.6) is 0 Å². The topological polar surface area (TPSA) is 67.6 Å². The summed E-state index contributed by atoms with van der Waals surface area (Å²) in [4.78, 5) is 14.9.